The summed E-state index contributed by atoms with van der Waals surface area (Å²) in [6.45, 7) is 0. The van der Waals surface area contributed by atoms with Crippen molar-refractivity contribution in [1.82, 2.24) is 0 Å². The summed E-state index contributed by atoms with van der Waals surface area (Å²) in [7, 11) is 0. The SMILES string of the molecule is NC12CC3CC(CC(C3)C1)C2.[Fe]. The first-order valence-corrected chi connectivity index (χ1v) is 5.02. The summed E-state index contributed by atoms with van der Waals surface area (Å²) in [5.41, 5.74) is 6.62. The van der Waals surface area contributed by atoms with Gasteiger partial charge in [-0.3, -0.25) is 0 Å². The minimum Gasteiger partial charge on any atom is -0.325 e. The molecule has 4 rings (SSSR count). The topological polar surface area (TPSA) is 26.0 Å². The minimum absolute atomic E-state index is 0. The van der Waals surface area contributed by atoms with E-state index in [4.69, 9.17) is 5.73 Å². The largest absolute Gasteiger partial charge is 0.325 e. The van der Waals surface area contributed by atoms with Gasteiger partial charge in [0, 0.05) is 22.6 Å². The molecule has 0 atom stereocenters. The molecule has 1 nitrogen and oxygen atoms in total. The van der Waals surface area contributed by atoms with E-state index in [9.17, 15) is 0 Å². The van der Waals surface area contributed by atoms with Gasteiger partial charge in [0.1, 0.15) is 0 Å². The van der Waals surface area contributed by atoms with Crippen LogP contribution in [0.25, 0.3) is 0 Å². The van der Waals surface area contributed by atoms with Gasteiger partial charge in [-0.2, -0.15) is 0 Å². The number of rotatable bonds is 0. The maximum Gasteiger partial charge on any atom is 0.0162 e. The van der Waals surface area contributed by atoms with Crippen molar-refractivity contribution in [3.8, 4) is 0 Å². The van der Waals surface area contributed by atoms with Crippen LogP contribution in [0.2, 0.25) is 0 Å². The third-order valence-electron chi connectivity index (χ3n) is 4.09. The minimum atomic E-state index is 0. The quantitative estimate of drug-likeness (QED) is 0.603. The van der Waals surface area contributed by atoms with Gasteiger partial charge in [0.15, 0.2) is 0 Å². The van der Waals surface area contributed by atoms with Crippen LogP contribution in [0.15, 0.2) is 0 Å². The fourth-order valence-electron chi connectivity index (χ4n) is 4.18. The molecule has 0 spiro atoms. The predicted molar refractivity (Wildman–Crippen MR) is 45.1 cm³/mol. The zero-order valence-electron chi connectivity index (χ0n) is 7.41. The monoisotopic (exact) mass is 207 g/mol. The van der Waals surface area contributed by atoms with E-state index in [0.29, 0.717) is 5.54 Å². The smallest absolute Gasteiger partial charge is 0.0162 e. The predicted octanol–water partition coefficient (Wildman–Crippen LogP) is 1.91. The van der Waals surface area contributed by atoms with Crippen LogP contribution >= 0.6 is 0 Å². The molecule has 0 aliphatic heterocycles. The Balaban J connectivity index is 0.000000563. The van der Waals surface area contributed by atoms with Crippen LogP contribution in [0.4, 0.5) is 0 Å². The Bertz CT molecular complexity index is 155. The summed E-state index contributed by atoms with van der Waals surface area (Å²) < 4.78 is 0. The summed E-state index contributed by atoms with van der Waals surface area (Å²) in [6, 6.07) is 0. The summed E-state index contributed by atoms with van der Waals surface area (Å²) in [5, 5.41) is 0. The van der Waals surface area contributed by atoms with Gasteiger partial charge in [-0.1, -0.05) is 0 Å². The molecule has 4 saturated carbocycles. The first kappa shape index (κ1) is 9.05. The van der Waals surface area contributed by atoms with Gasteiger partial charge >= 0.3 is 0 Å². The standard InChI is InChI=1S/C10H17N.Fe/c11-10-4-7-1-8(5-10)3-9(2-7)6-10;/h7-9H,1-6,11H2;. The van der Waals surface area contributed by atoms with Gasteiger partial charge in [-0.15, -0.1) is 0 Å². The Kier molecular flexibility index (Phi) is 2.06. The van der Waals surface area contributed by atoms with E-state index in [0.717, 1.165) is 17.8 Å². The molecule has 2 heteroatoms. The Labute approximate surface area is 84.9 Å². The summed E-state index contributed by atoms with van der Waals surface area (Å²) in [4.78, 5) is 0. The first-order valence-electron chi connectivity index (χ1n) is 5.02. The molecule has 0 aromatic heterocycles. The van der Waals surface area contributed by atoms with Crippen molar-refractivity contribution in [2.24, 2.45) is 23.5 Å². The van der Waals surface area contributed by atoms with Crippen molar-refractivity contribution in [3.63, 3.8) is 0 Å². The summed E-state index contributed by atoms with van der Waals surface area (Å²) >= 11 is 0. The van der Waals surface area contributed by atoms with E-state index in [-0.39, 0.29) is 17.1 Å². The van der Waals surface area contributed by atoms with Gasteiger partial charge in [0.2, 0.25) is 0 Å². The van der Waals surface area contributed by atoms with Crippen LogP contribution in [-0.2, 0) is 17.1 Å². The van der Waals surface area contributed by atoms with E-state index in [1.54, 1.807) is 0 Å². The third kappa shape index (κ3) is 1.25. The van der Waals surface area contributed by atoms with Crippen molar-refractivity contribution in [2.75, 3.05) is 0 Å². The zero-order chi connectivity index (χ0) is 7.47. The molecule has 12 heavy (non-hydrogen) atoms. The second kappa shape index (κ2) is 2.73. The van der Waals surface area contributed by atoms with Gasteiger partial charge < -0.3 is 5.73 Å². The average molecular weight is 207 g/mol. The zero-order valence-corrected chi connectivity index (χ0v) is 8.51. The summed E-state index contributed by atoms with van der Waals surface area (Å²) in [6.07, 6.45) is 8.57. The molecular formula is C10H17FeN. The fraction of sp³-hybridized carbons (Fsp3) is 1.00. The second-order valence-corrected chi connectivity index (χ2v) is 5.28. The van der Waals surface area contributed by atoms with Crippen LogP contribution in [0.1, 0.15) is 38.5 Å². The Morgan fingerprint density at radius 2 is 1.17 bits per heavy atom. The van der Waals surface area contributed by atoms with Crippen LogP contribution in [0, 0.1) is 17.8 Å². The molecule has 0 saturated heterocycles. The molecule has 4 bridgehead atoms. The molecule has 4 fully saturated rings. The van der Waals surface area contributed by atoms with Gasteiger partial charge in [-0.05, 0) is 56.3 Å². The second-order valence-electron chi connectivity index (χ2n) is 5.28. The van der Waals surface area contributed by atoms with Crippen LogP contribution < -0.4 is 5.73 Å². The van der Waals surface area contributed by atoms with Crippen molar-refractivity contribution < 1.29 is 17.1 Å². The van der Waals surface area contributed by atoms with Gasteiger partial charge in [0.25, 0.3) is 0 Å². The molecule has 0 heterocycles. The molecule has 0 aromatic carbocycles. The summed E-state index contributed by atoms with van der Waals surface area (Å²) in [5.74, 6) is 3.06. The van der Waals surface area contributed by atoms with E-state index < -0.39 is 0 Å². The van der Waals surface area contributed by atoms with E-state index in [1.165, 1.54) is 38.5 Å². The third-order valence-corrected chi connectivity index (χ3v) is 4.09. The molecule has 70 valence electrons. The molecule has 2 N–H and O–H groups in total. The maximum absolute atomic E-state index is 6.32. The van der Waals surface area contributed by atoms with Crippen molar-refractivity contribution in [3.05, 3.63) is 0 Å². The Hall–Kier alpha value is 0.479. The maximum atomic E-state index is 6.32. The molecule has 4 aliphatic rings. The van der Waals surface area contributed by atoms with E-state index in [2.05, 4.69) is 0 Å². The van der Waals surface area contributed by atoms with Crippen molar-refractivity contribution in [2.45, 2.75) is 44.1 Å². The van der Waals surface area contributed by atoms with Crippen molar-refractivity contribution in [1.29, 1.82) is 0 Å². The average Bonchev–Trinajstić information content (AvgIpc) is 1.79. The first-order chi connectivity index (χ1) is 5.23. The molecule has 4 aliphatic carbocycles. The molecule has 0 amide bonds. The Morgan fingerprint density at radius 1 is 0.833 bits per heavy atom. The number of hydrogen-bond donors (Lipinski definition) is 1. The molecule has 0 radical (unpaired) electrons. The van der Waals surface area contributed by atoms with Gasteiger partial charge in [-0.25, -0.2) is 0 Å². The van der Waals surface area contributed by atoms with Crippen LogP contribution in [0.3, 0.4) is 0 Å². The fourth-order valence-corrected chi connectivity index (χ4v) is 4.18. The molecule has 0 unspecified atom stereocenters. The Morgan fingerprint density at radius 3 is 1.42 bits per heavy atom. The van der Waals surface area contributed by atoms with Crippen molar-refractivity contribution >= 4 is 0 Å². The van der Waals surface area contributed by atoms with E-state index >= 15 is 0 Å². The van der Waals surface area contributed by atoms with Gasteiger partial charge in [0.05, 0.1) is 0 Å². The van der Waals surface area contributed by atoms with Crippen LogP contribution in [0.5, 0.6) is 0 Å². The molecule has 0 aromatic rings. The van der Waals surface area contributed by atoms with E-state index in [1.807, 2.05) is 0 Å². The number of hydrogen-bond acceptors (Lipinski definition) is 1. The van der Waals surface area contributed by atoms with Crippen LogP contribution in [-0.4, -0.2) is 5.54 Å². The normalized spacial score (nSPS) is 55.2. The molecular weight excluding hydrogens is 190 g/mol. The number of nitrogens with two attached hydrogens (primary N) is 1.